The Morgan fingerprint density at radius 3 is 2.57 bits per heavy atom. The molecular weight excluding hydrogens is 424 g/mol. The van der Waals surface area contributed by atoms with Crippen LogP contribution in [-0.2, 0) is 0 Å². The fourth-order valence-electron chi connectivity index (χ4n) is 2.73. The highest BCUT2D eigenvalue weighted by Gasteiger charge is 2.13. The number of aromatic hydroxyl groups is 1. The molecule has 0 heterocycles. The van der Waals surface area contributed by atoms with E-state index < -0.39 is 0 Å². The minimum absolute atomic E-state index is 0.0175. The Bertz CT molecular complexity index is 1050. The predicted octanol–water partition coefficient (Wildman–Crippen LogP) is 4.48. The molecule has 0 aromatic heterocycles. The van der Waals surface area contributed by atoms with Crippen LogP contribution in [0, 0.1) is 0 Å². The molecule has 0 unspecified atom stereocenters. The highest BCUT2D eigenvalue weighted by Crippen LogP contribution is 2.35. The summed E-state index contributed by atoms with van der Waals surface area (Å²) in [5, 5.41) is 15.9. The van der Waals surface area contributed by atoms with Gasteiger partial charge in [0.2, 0.25) is 0 Å². The maximum Gasteiger partial charge on any atom is 0.275 e. The van der Waals surface area contributed by atoms with Gasteiger partial charge < -0.3 is 14.6 Å². The van der Waals surface area contributed by atoms with E-state index in [1.165, 1.54) is 13.3 Å². The number of hydrazone groups is 1. The Morgan fingerprint density at radius 2 is 1.89 bits per heavy atom. The molecule has 0 aliphatic heterocycles. The first-order valence-electron chi connectivity index (χ1n) is 8.59. The Hall–Kier alpha value is -3.06. The standard InChI is InChI=1S/C21H19BrN2O4/c1-3-28-19-9-13(8-17(22)20(19)25)12-23-24-21(26)16-10-14-6-4-5-7-15(14)11-18(16)27-2/h4-12,25H,3H2,1-2H3,(H,24,26)/b23-12-. The van der Waals surface area contributed by atoms with Crippen molar-refractivity contribution in [1.29, 1.82) is 0 Å². The van der Waals surface area contributed by atoms with Crippen molar-refractivity contribution in [3.8, 4) is 17.2 Å². The van der Waals surface area contributed by atoms with E-state index in [4.69, 9.17) is 9.47 Å². The van der Waals surface area contributed by atoms with Gasteiger partial charge in [-0.1, -0.05) is 24.3 Å². The van der Waals surface area contributed by atoms with Crippen LogP contribution in [0.25, 0.3) is 10.8 Å². The Morgan fingerprint density at radius 1 is 1.18 bits per heavy atom. The van der Waals surface area contributed by atoms with Crippen LogP contribution in [0.15, 0.2) is 58.1 Å². The number of phenols is 1. The third-order valence-corrected chi connectivity index (χ3v) is 4.65. The maximum absolute atomic E-state index is 12.6. The molecule has 0 atom stereocenters. The van der Waals surface area contributed by atoms with Crippen LogP contribution in [0.2, 0.25) is 0 Å². The Labute approximate surface area is 170 Å². The molecule has 3 rings (SSSR count). The van der Waals surface area contributed by atoms with Crippen molar-refractivity contribution in [3.05, 3.63) is 64.1 Å². The van der Waals surface area contributed by atoms with Gasteiger partial charge >= 0.3 is 0 Å². The molecule has 0 aliphatic carbocycles. The number of methoxy groups -OCH3 is 1. The fraction of sp³-hybridized carbons (Fsp3) is 0.143. The van der Waals surface area contributed by atoms with Crippen molar-refractivity contribution in [3.63, 3.8) is 0 Å². The van der Waals surface area contributed by atoms with Crippen LogP contribution in [0.3, 0.4) is 0 Å². The van der Waals surface area contributed by atoms with E-state index in [-0.39, 0.29) is 11.7 Å². The van der Waals surface area contributed by atoms with Crippen molar-refractivity contribution in [2.45, 2.75) is 6.92 Å². The summed E-state index contributed by atoms with van der Waals surface area (Å²) >= 11 is 3.27. The number of hydrogen-bond acceptors (Lipinski definition) is 5. The number of phenolic OH excluding ortho intramolecular Hbond substituents is 1. The molecule has 1 amide bonds. The van der Waals surface area contributed by atoms with E-state index in [1.54, 1.807) is 18.2 Å². The van der Waals surface area contributed by atoms with Gasteiger partial charge in [-0.2, -0.15) is 5.10 Å². The van der Waals surface area contributed by atoms with Crippen molar-refractivity contribution in [2.75, 3.05) is 13.7 Å². The van der Waals surface area contributed by atoms with E-state index in [0.717, 1.165) is 10.8 Å². The number of fused-ring (bicyclic) bond motifs is 1. The van der Waals surface area contributed by atoms with E-state index in [0.29, 0.717) is 33.7 Å². The van der Waals surface area contributed by atoms with Gasteiger partial charge in [-0.15, -0.1) is 0 Å². The van der Waals surface area contributed by atoms with Crippen molar-refractivity contribution in [2.24, 2.45) is 5.10 Å². The lowest BCUT2D eigenvalue weighted by Gasteiger charge is -2.09. The monoisotopic (exact) mass is 442 g/mol. The second kappa shape index (κ2) is 8.75. The van der Waals surface area contributed by atoms with E-state index in [9.17, 15) is 9.90 Å². The molecule has 144 valence electrons. The van der Waals surface area contributed by atoms with Crippen LogP contribution in [0.5, 0.6) is 17.2 Å². The van der Waals surface area contributed by atoms with E-state index >= 15 is 0 Å². The summed E-state index contributed by atoms with van der Waals surface area (Å²) in [6.07, 6.45) is 1.47. The summed E-state index contributed by atoms with van der Waals surface area (Å²) in [7, 11) is 1.52. The van der Waals surface area contributed by atoms with Crippen molar-refractivity contribution >= 4 is 38.8 Å². The summed E-state index contributed by atoms with van der Waals surface area (Å²) in [6, 6.07) is 14.6. The molecule has 7 heteroatoms. The van der Waals surface area contributed by atoms with Crippen molar-refractivity contribution < 1.29 is 19.4 Å². The van der Waals surface area contributed by atoms with Crippen LogP contribution in [0.1, 0.15) is 22.8 Å². The van der Waals surface area contributed by atoms with Gasteiger partial charge in [0, 0.05) is 0 Å². The number of halogens is 1. The molecule has 2 N–H and O–H groups in total. The van der Waals surface area contributed by atoms with Gasteiger partial charge in [-0.25, -0.2) is 5.43 Å². The first-order valence-corrected chi connectivity index (χ1v) is 9.38. The van der Waals surface area contributed by atoms with Crippen LogP contribution in [0.4, 0.5) is 0 Å². The average Bonchev–Trinajstić information content (AvgIpc) is 2.70. The van der Waals surface area contributed by atoms with Crippen molar-refractivity contribution in [1.82, 2.24) is 5.43 Å². The molecule has 0 spiro atoms. The molecule has 6 nitrogen and oxygen atoms in total. The fourth-order valence-corrected chi connectivity index (χ4v) is 3.18. The highest BCUT2D eigenvalue weighted by molar-refractivity contribution is 9.10. The van der Waals surface area contributed by atoms with Gasteiger partial charge in [0.1, 0.15) is 5.75 Å². The smallest absolute Gasteiger partial charge is 0.275 e. The number of amides is 1. The molecule has 0 saturated heterocycles. The highest BCUT2D eigenvalue weighted by atomic mass is 79.9. The second-order valence-corrected chi connectivity index (χ2v) is 6.74. The first-order chi connectivity index (χ1) is 13.5. The Kier molecular flexibility index (Phi) is 6.16. The second-order valence-electron chi connectivity index (χ2n) is 5.88. The van der Waals surface area contributed by atoms with E-state index in [2.05, 4.69) is 26.5 Å². The molecule has 3 aromatic rings. The third-order valence-electron chi connectivity index (χ3n) is 4.04. The summed E-state index contributed by atoms with van der Waals surface area (Å²) < 4.78 is 11.2. The first kappa shape index (κ1) is 19.7. The number of carbonyl (C=O) groups excluding carboxylic acids is 1. The number of rotatable bonds is 6. The Balaban J connectivity index is 1.81. The average molecular weight is 443 g/mol. The minimum Gasteiger partial charge on any atom is -0.503 e. The molecule has 3 aromatic carbocycles. The zero-order valence-corrected chi connectivity index (χ0v) is 17.0. The molecule has 0 aliphatic rings. The zero-order chi connectivity index (χ0) is 20.1. The summed E-state index contributed by atoms with van der Waals surface area (Å²) in [6.45, 7) is 2.24. The number of nitrogens with zero attached hydrogens (tertiary/aromatic N) is 1. The lowest BCUT2D eigenvalue weighted by Crippen LogP contribution is -2.18. The van der Waals surface area contributed by atoms with Gasteiger partial charge in [-0.3, -0.25) is 4.79 Å². The summed E-state index contributed by atoms with van der Waals surface area (Å²) in [5.74, 6) is 0.434. The SMILES string of the molecule is CCOc1cc(/C=N\NC(=O)c2cc3ccccc3cc2OC)cc(Br)c1O. The number of benzene rings is 3. The normalized spacial score (nSPS) is 11.0. The minimum atomic E-state index is -0.387. The number of ether oxygens (including phenoxy) is 2. The molecular formula is C21H19BrN2O4. The number of nitrogens with one attached hydrogen (secondary N) is 1. The lowest BCUT2D eigenvalue weighted by molar-refractivity contribution is 0.0952. The summed E-state index contributed by atoms with van der Waals surface area (Å²) in [4.78, 5) is 12.6. The topological polar surface area (TPSA) is 80.2 Å². The molecule has 0 bridgehead atoms. The molecule has 0 fully saturated rings. The lowest BCUT2D eigenvalue weighted by atomic mass is 10.1. The predicted molar refractivity (Wildman–Crippen MR) is 113 cm³/mol. The van der Waals surface area contributed by atoms with Crippen LogP contribution < -0.4 is 14.9 Å². The summed E-state index contributed by atoms with van der Waals surface area (Å²) in [5.41, 5.74) is 3.55. The van der Waals surface area contributed by atoms with Gasteiger partial charge in [0.25, 0.3) is 5.91 Å². The molecule has 0 radical (unpaired) electrons. The third kappa shape index (κ3) is 4.26. The molecule has 28 heavy (non-hydrogen) atoms. The van der Waals surface area contributed by atoms with Gasteiger partial charge in [0.15, 0.2) is 11.5 Å². The van der Waals surface area contributed by atoms with Crippen LogP contribution >= 0.6 is 15.9 Å². The molecule has 0 saturated carbocycles. The van der Waals surface area contributed by atoms with Gasteiger partial charge in [0.05, 0.1) is 30.0 Å². The largest absolute Gasteiger partial charge is 0.503 e. The van der Waals surface area contributed by atoms with Crippen LogP contribution in [-0.4, -0.2) is 30.9 Å². The number of carbonyl (C=O) groups is 1. The zero-order valence-electron chi connectivity index (χ0n) is 15.4. The quantitative estimate of drug-likeness (QED) is 0.435. The number of hydrogen-bond donors (Lipinski definition) is 2. The van der Waals surface area contributed by atoms with Gasteiger partial charge in [-0.05, 0) is 63.5 Å². The maximum atomic E-state index is 12.6. The van der Waals surface area contributed by atoms with E-state index in [1.807, 2.05) is 37.3 Å².